The molecule has 0 saturated heterocycles. The van der Waals surface area contributed by atoms with Crippen LogP contribution < -0.4 is 0 Å². The molecule has 0 atom stereocenters. The fourth-order valence-corrected chi connectivity index (χ4v) is 3.73. The first-order valence-corrected chi connectivity index (χ1v) is 7.67. The molecular formula is C13H7Br2NOS. The molecular weight excluding hydrogens is 378 g/mol. The van der Waals surface area contributed by atoms with Gasteiger partial charge in [-0.25, -0.2) is 0 Å². The molecule has 2 nitrogen and oxygen atoms in total. The molecule has 0 spiro atoms. The Labute approximate surface area is 124 Å². The molecule has 0 radical (unpaired) electrons. The number of nitrogens with one attached hydrogen (secondary N) is 1. The van der Waals surface area contributed by atoms with Gasteiger partial charge in [-0.2, -0.15) is 0 Å². The lowest BCUT2D eigenvalue weighted by atomic mass is 10.1. The molecule has 1 N–H and O–H groups in total. The van der Waals surface area contributed by atoms with Crippen LogP contribution in [0.5, 0.6) is 0 Å². The predicted molar refractivity (Wildman–Crippen MR) is 81.5 cm³/mol. The molecule has 0 unspecified atom stereocenters. The summed E-state index contributed by atoms with van der Waals surface area (Å²) in [6, 6.07) is 7.76. The maximum Gasteiger partial charge on any atom is 0.206 e. The second-order valence-corrected chi connectivity index (χ2v) is 6.51. The smallest absolute Gasteiger partial charge is 0.206 e. The maximum absolute atomic E-state index is 12.5. The van der Waals surface area contributed by atoms with Gasteiger partial charge in [0, 0.05) is 31.6 Å². The van der Waals surface area contributed by atoms with Crippen LogP contribution in [0, 0.1) is 0 Å². The third-order valence-electron chi connectivity index (χ3n) is 2.71. The second-order valence-electron chi connectivity index (χ2n) is 3.82. The van der Waals surface area contributed by atoms with E-state index >= 15 is 0 Å². The minimum absolute atomic E-state index is 0.0428. The molecule has 0 saturated carbocycles. The number of thiophene rings is 1. The van der Waals surface area contributed by atoms with E-state index in [1.54, 1.807) is 6.20 Å². The predicted octanol–water partition coefficient (Wildman–Crippen LogP) is 4.99. The average Bonchev–Trinajstić information content (AvgIpc) is 2.94. The van der Waals surface area contributed by atoms with Crippen molar-refractivity contribution in [3.63, 3.8) is 0 Å². The molecule has 2 heterocycles. The van der Waals surface area contributed by atoms with Crippen molar-refractivity contribution in [1.29, 1.82) is 0 Å². The van der Waals surface area contributed by atoms with Crippen LogP contribution in [0.2, 0.25) is 0 Å². The summed E-state index contributed by atoms with van der Waals surface area (Å²) in [6.07, 6.45) is 1.77. The molecule has 0 bridgehead atoms. The summed E-state index contributed by atoms with van der Waals surface area (Å²) in [5, 5.41) is 2.84. The van der Waals surface area contributed by atoms with E-state index < -0.39 is 0 Å². The van der Waals surface area contributed by atoms with E-state index in [0.717, 1.165) is 24.7 Å². The Kier molecular flexibility index (Phi) is 3.13. The Morgan fingerprint density at radius 2 is 2.06 bits per heavy atom. The first-order chi connectivity index (χ1) is 8.66. The van der Waals surface area contributed by atoms with Crippen LogP contribution in [-0.4, -0.2) is 10.8 Å². The van der Waals surface area contributed by atoms with Crippen molar-refractivity contribution in [2.75, 3.05) is 0 Å². The number of hydrogen-bond acceptors (Lipinski definition) is 2. The van der Waals surface area contributed by atoms with Gasteiger partial charge in [0.2, 0.25) is 5.78 Å². The highest BCUT2D eigenvalue weighted by molar-refractivity contribution is 9.10. The van der Waals surface area contributed by atoms with Crippen molar-refractivity contribution in [2.24, 2.45) is 0 Å². The van der Waals surface area contributed by atoms with E-state index in [1.165, 1.54) is 11.3 Å². The van der Waals surface area contributed by atoms with E-state index in [-0.39, 0.29) is 5.78 Å². The van der Waals surface area contributed by atoms with Crippen molar-refractivity contribution in [3.05, 3.63) is 55.2 Å². The summed E-state index contributed by atoms with van der Waals surface area (Å²) in [4.78, 5) is 16.3. The highest BCUT2D eigenvalue weighted by Crippen LogP contribution is 2.29. The number of carbonyl (C=O) groups excluding carboxylic acids is 1. The minimum Gasteiger partial charge on any atom is -0.360 e. The van der Waals surface area contributed by atoms with Gasteiger partial charge < -0.3 is 4.98 Å². The quantitative estimate of drug-likeness (QED) is 0.620. The van der Waals surface area contributed by atoms with Gasteiger partial charge in [-0.1, -0.05) is 15.9 Å². The number of H-pyrrole nitrogens is 1. The van der Waals surface area contributed by atoms with Crippen LogP contribution in [0.15, 0.2) is 44.8 Å². The standard InChI is InChI=1S/C13H7Br2NOS/c14-7-1-2-11-8(5-7)9(6-16-11)12(17)13-10(15)3-4-18-13/h1-6,16H. The number of aromatic nitrogens is 1. The summed E-state index contributed by atoms with van der Waals surface area (Å²) < 4.78 is 1.82. The van der Waals surface area contributed by atoms with Gasteiger partial charge in [0.1, 0.15) is 0 Å². The van der Waals surface area contributed by atoms with Crippen LogP contribution >= 0.6 is 43.2 Å². The van der Waals surface area contributed by atoms with Gasteiger partial charge in [0.15, 0.2) is 0 Å². The molecule has 0 aliphatic carbocycles. The van der Waals surface area contributed by atoms with E-state index in [2.05, 4.69) is 36.8 Å². The van der Waals surface area contributed by atoms with Crippen LogP contribution in [0.25, 0.3) is 10.9 Å². The topological polar surface area (TPSA) is 32.9 Å². The van der Waals surface area contributed by atoms with Gasteiger partial charge >= 0.3 is 0 Å². The zero-order valence-corrected chi connectivity index (χ0v) is 13.0. The molecule has 0 aliphatic heterocycles. The molecule has 3 rings (SSSR count). The zero-order chi connectivity index (χ0) is 12.7. The fraction of sp³-hybridized carbons (Fsp3) is 0. The summed E-state index contributed by atoms with van der Waals surface area (Å²) >= 11 is 8.28. The zero-order valence-electron chi connectivity index (χ0n) is 9.04. The number of rotatable bonds is 2. The second kappa shape index (κ2) is 4.64. The number of benzene rings is 1. The summed E-state index contributed by atoms with van der Waals surface area (Å²) in [6.45, 7) is 0. The van der Waals surface area contributed by atoms with Gasteiger partial charge in [0.05, 0.1) is 4.88 Å². The number of ketones is 1. The molecule has 2 aromatic heterocycles. The van der Waals surface area contributed by atoms with Crippen LogP contribution in [0.4, 0.5) is 0 Å². The van der Waals surface area contributed by atoms with Gasteiger partial charge in [-0.15, -0.1) is 11.3 Å². The SMILES string of the molecule is O=C(c1sccc1Br)c1c[nH]c2ccc(Br)cc12. The third-order valence-corrected chi connectivity index (χ3v) is 5.04. The van der Waals surface area contributed by atoms with E-state index in [4.69, 9.17) is 0 Å². The molecule has 18 heavy (non-hydrogen) atoms. The average molecular weight is 385 g/mol. The Bertz CT molecular complexity index is 744. The Hall–Kier alpha value is -0.910. The monoisotopic (exact) mass is 383 g/mol. The molecule has 0 aliphatic rings. The lowest BCUT2D eigenvalue weighted by Crippen LogP contribution is -1.97. The molecule has 5 heteroatoms. The molecule has 0 fully saturated rings. The van der Waals surface area contributed by atoms with Crippen molar-refractivity contribution in [3.8, 4) is 0 Å². The van der Waals surface area contributed by atoms with Crippen molar-refractivity contribution >= 4 is 59.9 Å². The number of hydrogen-bond donors (Lipinski definition) is 1. The third kappa shape index (κ3) is 1.96. The van der Waals surface area contributed by atoms with Crippen molar-refractivity contribution < 1.29 is 4.79 Å². The number of carbonyl (C=O) groups is 1. The van der Waals surface area contributed by atoms with Gasteiger partial charge in [-0.05, 0) is 45.6 Å². The van der Waals surface area contributed by atoms with Gasteiger partial charge in [0.25, 0.3) is 0 Å². The Morgan fingerprint density at radius 1 is 1.22 bits per heavy atom. The summed E-state index contributed by atoms with van der Waals surface area (Å²) in [7, 11) is 0. The number of aromatic amines is 1. The summed E-state index contributed by atoms with van der Waals surface area (Å²) in [5.41, 5.74) is 1.67. The minimum atomic E-state index is 0.0428. The summed E-state index contributed by atoms with van der Waals surface area (Å²) in [5.74, 6) is 0.0428. The Morgan fingerprint density at radius 3 is 2.78 bits per heavy atom. The first-order valence-electron chi connectivity index (χ1n) is 5.21. The lowest BCUT2D eigenvalue weighted by Gasteiger charge is -1.98. The highest BCUT2D eigenvalue weighted by atomic mass is 79.9. The van der Waals surface area contributed by atoms with Crippen molar-refractivity contribution in [1.82, 2.24) is 4.98 Å². The highest BCUT2D eigenvalue weighted by Gasteiger charge is 2.17. The van der Waals surface area contributed by atoms with Crippen molar-refractivity contribution in [2.45, 2.75) is 0 Å². The maximum atomic E-state index is 12.5. The van der Waals surface area contributed by atoms with E-state index in [1.807, 2.05) is 29.6 Å². The van der Waals surface area contributed by atoms with Crippen LogP contribution in [-0.2, 0) is 0 Å². The van der Waals surface area contributed by atoms with Crippen LogP contribution in [0.1, 0.15) is 15.2 Å². The molecule has 0 amide bonds. The largest absolute Gasteiger partial charge is 0.360 e. The van der Waals surface area contributed by atoms with Gasteiger partial charge in [-0.3, -0.25) is 4.79 Å². The number of halogens is 2. The molecule has 3 aromatic rings. The molecule has 90 valence electrons. The lowest BCUT2D eigenvalue weighted by molar-refractivity contribution is 0.104. The number of fused-ring (bicyclic) bond motifs is 1. The molecule has 1 aromatic carbocycles. The van der Waals surface area contributed by atoms with E-state index in [9.17, 15) is 4.79 Å². The Balaban J connectivity index is 2.18. The normalized spacial score (nSPS) is 11.0. The van der Waals surface area contributed by atoms with Crippen LogP contribution in [0.3, 0.4) is 0 Å². The fourth-order valence-electron chi connectivity index (χ4n) is 1.86. The first kappa shape index (κ1) is 12.1. The van der Waals surface area contributed by atoms with E-state index in [0.29, 0.717) is 5.56 Å².